The van der Waals surface area contributed by atoms with Crippen LogP contribution in [0.3, 0.4) is 0 Å². The van der Waals surface area contributed by atoms with E-state index in [2.05, 4.69) is 15.3 Å². The van der Waals surface area contributed by atoms with Crippen molar-refractivity contribution >= 4 is 16.4 Å². The molecule has 0 aliphatic carbocycles. The molecule has 0 aliphatic heterocycles. The summed E-state index contributed by atoms with van der Waals surface area (Å²) < 4.78 is 12.4. The predicted molar refractivity (Wildman–Crippen MR) is 86.8 cm³/mol. The summed E-state index contributed by atoms with van der Waals surface area (Å²) >= 11 is 0. The Bertz CT molecular complexity index is 988. The minimum atomic E-state index is 0.642. The summed E-state index contributed by atoms with van der Waals surface area (Å²) in [7, 11) is 3.23. The molecule has 0 amide bonds. The molecule has 0 aliphatic rings. The fraction of sp³-hybridized carbons (Fsp3) is 0.118. The number of benzene rings is 2. The first kappa shape index (κ1) is 13.5. The molecule has 0 unspecified atom stereocenters. The second-order valence-electron chi connectivity index (χ2n) is 5.09. The Kier molecular flexibility index (Phi) is 3.08. The maximum atomic E-state index is 5.32. The van der Waals surface area contributed by atoms with Gasteiger partial charge in [-0.3, -0.25) is 0 Å². The van der Waals surface area contributed by atoms with Gasteiger partial charge in [-0.15, -0.1) is 10.2 Å². The molecule has 0 saturated heterocycles. The summed E-state index contributed by atoms with van der Waals surface area (Å²) in [4.78, 5) is 0. The number of hydrogen-bond donors (Lipinski definition) is 0. The molecule has 6 heteroatoms. The Morgan fingerprint density at radius 1 is 0.913 bits per heavy atom. The van der Waals surface area contributed by atoms with Crippen molar-refractivity contribution in [3.8, 4) is 22.9 Å². The number of methoxy groups -OCH3 is 2. The van der Waals surface area contributed by atoms with Crippen LogP contribution in [0.25, 0.3) is 27.8 Å². The van der Waals surface area contributed by atoms with E-state index in [1.807, 2.05) is 48.7 Å². The molecule has 0 fully saturated rings. The third kappa shape index (κ3) is 2.15. The van der Waals surface area contributed by atoms with Gasteiger partial charge < -0.3 is 9.47 Å². The van der Waals surface area contributed by atoms with E-state index in [1.54, 1.807) is 18.7 Å². The number of aromatic nitrogens is 4. The number of ether oxygens (including phenoxy) is 2. The van der Waals surface area contributed by atoms with Crippen molar-refractivity contribution in [1.29, 1.82) is 0 Å². The van der Waals surface area contributed by atoms with Crippen LogP contribution in [-0.4, -0.2) is 34.0 Å². The molecule has 0 atom stereocenters. The van der Waals surface area contributed by atoms with Gasteiger partial charge in [0.05, 0.1) is 20.4 Å². The molecular weight excluding hydrogens is 292 g/mol. The number of nitrogens with zero attached hydrogens (tertiary/aromatic N) is 4. The highest BCUT2D eigenvalue weighted by Gasteiger charge is 2.13. The fourth-order valence-corrected chi connectivity index (χ4v) is 2.61. The third-order valence-corrected chi connectivity index (χ3v) is 3.76. The average molecular weight is 306 g/mol. The van der Waals surface area contributed by atoms with Crippen LogP contribution >= 0.6 is 0 Å². The molecule has 0 saturated carbocycles. The zero-order valence-electron chi connectivity index (χ0n) is 12.7. The van der Waals surface area contributed by atoms with E-state index in [1.165, 1.54) is 0 Å². The monoisotopic (exact) mass is 306 g/mol. The van der Waals surface area contributed by atoms with Crippen LogP contribution in [0, 0.1) is 0 Å². The molecule has 2 heterocycles. The summed E-state index contributed by atoms with van der Waals surface area (Å²) in [6, 6.07) is 13.6. The zero-order valence-corrected chi connectivity index (χ0v) is 12.7. The predicted octanol–water partition coefficient (Wildman–Crippen LogP) is 2.96. The summed E-state index contributed by atoms with van der Waals surface area (Å²) in [5, 5.41) is 15.1. The van der Waals surface area contributed by atoms with Gasteiger partial charge in [0, 0.05) is 22.4 Å². The van der Waals surface area contributed by atoms with Gasteiger partial charge in [-0.05, 0) is 12.1 Å². The lowest BCUT2D eigenvalue weighted by molar-refractivity contribution is 0.394. The first-order chi connectivity index (χ1) is 11.3. The molecule has 2 aromatic carbocycles. The first-order valence-corrected chi connectivity index (χ1v) is 7.13. The molecule has 4 aromatic rings. The highest BCUT2D eigenvalue weighted by atomic mass is 16.5. The van der Waals surface area contributed by atoms with Crippen LogP contribution in [0.1, 0.15) is 0 Å². The van der Waals surface area contributed by atoms with E-state index in [9.17, 15) is 0 Å². The van der Waals surface area contributed by atoms with E-state index < -0.39 is 0 Å². The molecule has 0 radical (unpaired) electrons. The SMILES string of the molecule is COc1cc(OC)cc(-c2nnc3c4ccccc4cnn23)c1. The van der Waals surface area contributed by atoms with Gasteiger partial charge in [-0.25, -0.2) is 0 Å². The summed E-state index contributed by atoms with van der Waals surface area (Å²) in [5.74, 6) is 2.02. The molecular formula is C17H14N4O2. The van der Waals surface area contributed by atoms with Gasteiger partial charge in [-0.1, -0.05) is 24.3 Å². The van der Waals surface area contributed by atoms with Gasteiger partial charge in [-0.2, -0.15) is 9.61 Å². The van der Waals surface area contributed by atoms with Crippen LogP contribution in [-0.2, 0) is 0 Å². The first-order valence-electron chi connectivity index (χ1n) is 7.13. The van der Waals surface area contributed by atoms with E-state index in [4.69, 9.17) is 9.47 Å². The normalized spacial score (nSPS) is 11.0. The van der Waals surface area contributed by atoms with Crippen molar-refractivity contribution in [1.82, 2.24) is 19.8 Å². The van der Waals surface area contributed by atoms with Crippen LogP contribution in [0.15, 0.2) is 48.7 Å². The molecule has 114 valence electrons. The standard InChI is InChI=1S/C17H14N4O2/c1-22-13-7-12(8-14(9-13)23-2)16-19-20-17-15-6-4-3-5-11(15)10-18-21(16)17/h3-10H,1-2H3. The van der Waals surface area contributed by atoms with E-state index in [0.29, 0.717) is 17.3 Å². The smallest absolute Gasteiger partial charge is 0.186 e. The van der Waals surface area contributed by atoms with Gasteiger partial charge in [0.2, 0.25) is 0 Å². The summed E-state index contributed by atoms with van der Waals surface area (Å²) in [6.07, 6.45) is 1.81. The lowest BCUT2D eigenvalue weighted by Gasteiger charge is -2.07. The largest absolute Gasteiger partial charge is 0.497 e. The Morgan fingerprint density at radius 3 is 2.39 bits per heavy atom. The van der Waals surface area contributed by atoms with Gasteiger partial charge >= 0.3 is 0 Å². The molecule has 0 bridgehead atoms. The Balaban J connectivity index is 1.98. The maximum absolute atomic E-state index is 5.32. The number of hydrogen-bond acceptors (Lipinski definition) is 5. The Morgan fingerprint density at radius 2 is 1.65 bits per heavy atom. The van der Waals surface area contributed by atoms with Gasteiger partial charge in [0.15, 0.2) is 11.5 Å². The molecule has 0 N–H and O–H groups in total. The van der Waals surface area contributed by atoms with Gasteiger partial charge in [0.1, 0.15) is 11.5 Å². The van der Waals surface area contributed by atoms with Crippen molar-refractivity contribution in [2.75, 3.05) is 14.2 Å². The molecule has 6 nitrogen and oxygen atoms in total. The topological polar surface area (TPSA) is 61.5 Å². The highest BCUT2D eigenvalue weighted by Crippen LogP contribution is 2.29. The lowest BCUT2D eigenvalue weighted by Crippen LogP contribution is -1.96. The maximum Gasteiger partial charge on any atom is 0.186 e. The number of fused-ring (bicyclic) bond motifs is 3. The molecule has 4 rings (SSSR count). The van der Waals surface area contributed by atoms with Crippen molar-refractivity contribution in [2.24, 2.45) is 0 Å². The fourth-order valence-electron chi connectivity index (χ4n) is 2.61. The van der Waals surface area contributed by atoms with Crippen molar-refractivity contribution in [2.45, 2.75) is 0 Å². The van der Waals surface area contributed by atoms with Crippen LogP contribution in [0.2, 0.25) is 0 Å². The van der Waals surface area contributed by atoms with Crippen LogP contribution < -0.4 is 9.47 Å². The van der Waals surface area contributed by atoms with Crippen LogP contribution in [0.5, 0.6) is 11.5 Å². The quantitative estimate of drug-likeness (QED) is 0.582. The average Bonchev–Trinajstić information content (AvgIpc) is 3.05. The van der Waals surface area contributed by atoms with E-state index in [0.717, 1.165) is 22.0 Å². The van der Waals surface area contributed by atoms with Crippen molar-refractivity contribution in [3.63, 3.8) is 0 Å². The second-order valence-corrected chi connectivity index (χ2v) is 5.09. The third-order valence-electron chi connectivity index (χ3n) is 3.76. The molecule has 0 spiro atoms. The highest BCUT2D eigenvalue weighted by molar-refractivity contribution is 5.93. The van der Waals surface area contributed by atoms with Crippen molar-refractivity contribution in [3.05, 3.63) is 48.7 Å². The second kappa shape index (κ2) is 5.24. The Labute approximate surface area is 132 Å². The summed E-state index contributed by atoms with van der Waals surface area (Å²) in [5.41, 5.74) is 1.55. The Hall–Kier alpha value is -3.15. The lowest BCUT2D eigenvalue weighted by atomic mass is 10.2. The van der Waals surface area contributed by atoms with Crippen molar-refractivity contribution < 1.29 is 9.47 Å². The molecule has 2 aromatic heterocycles. The van der Waals surface area contributed by atoms with E-state index in [-0.39, 0.29) is 0 Å². The van der Waals surface area contributed by atoms with Crippen LogP contribution in [0.4, 0.5) is 0 Å². The summed E-state index contributed by atoms with van der Waals surface area (Å²) in [6.45, 7) is 0. The van der Waals surface area contributed by atoms with Gasteiger partial charge in [0.25, 0.3) is 0 Å². The van der Waals surface area contributed by atoms with E-state index >= 15 is 0 Å². The zero-order chi connectivity index (χ0) is 15.8. The molecule has 23 heavy (non-hydrogen) atoms. The number of rotatable bonds is 3. The minimum Gasteiger partial charge on any atom is -0.497 e. The minimum absolute atomic E-state index is 0.642.